The van der Waals surface area contributed by atoms with Crippen LogP contribution in [0.3, 0.4) is 0 Å². The zero-order valence-corrected chi connectivity index (χ0v) is 9.45. The quantitative estimate of drug-likeness (QED) is 0.735. The molecular formula is C13H10N4O. The van der Waals surface area contributed by atoms with Crippen molar-refractivity contribution in [3.05, 3.63) is 54.5 Å². The standard InChI is InChI=1S/C13H10N4O/c14-12(18)10-4-2-9(3-5-10)11-8-17-7-1-6-15-13(17)16-11/h1-8H,(H2,14,18). The zero-order valence-electron chi connectivity index (χ0n) is 9.45. The van der Waals surface area contributed by atoms with Crippen molar-refractivity contribution in [3.8, 4) is 11.3 Å². The van der Waals surface area contributed by atoms with Gasteiger partial charge in [-0.15, -0.1) is 0 Å². The molecular weight excluding hydrogens is 228 g/mol. The lowest BCUT2D eigenvalue weighted by Gasteiger charge is -1.97. The van der Waals surface area contributed by atoms with Crippen molar-refractivity contribution in [1.29, 1.82) is 0 Å². The molecule has 0 aliphatic heterocycles. The number of hydrogen-bond donors (Lipinski definition) is 1. The summed E-state index contributed by atoms with van der Waals surface area (Å²) >= 11 is 0. The van der Waals surface area contributed by atoms with E-state index in [9.17, 15) is 4.79 Å². The van der Waals surface area contributed by atoms with Crippen LogP contribution in [-0.2, 0) is 0 Å². The molecule has 0 aliphatic carbocycles. The number of carbonyl (C=O) groups is 1. The monoisotopic (exact) mass is 238 g/mol. The fourth-order valence-corrected chi connectivity index (χ4v) is 1.77. The summed E-state index contributed by atoms with van der Waals surface area (Å²) < 4.78 is 1.84. The molecule has 0 aliphatic rings. The molecule has 2 aromatic heterocycles. The lowest BCUT2D eigenvalue weighted by atomic mass is 10.1. The van der Waals surface area contributed by atoms with Crippen LogP contribution in [0.5, 0.6) is 0 Å². The minimum atomic E-state index is -0.432. The number of hydrogen-bond acceptors (Lipinski definition) is 3. The number of rotatable bonds is 2. The first-order valence-corrected chi connectivity index (χ1v) is 5.44. The van der Waals surface area contributed by atoms with Gasteiger partial charge in [-0.05, 0) is 18.2 Å². The van der Waals surface area contributed by atoms with Crippen LogP contribution in [0.15, 0.2) is 48.9 Å². The van der Waals surface area contributed by atoms with Gasteiger partial charge in [-0.1, -0.05) is 12.1 Å². The minimum absolute atomic E-state index is 0.432. The number of amides is 1. The molecule has 18 heavy (non-hydrogen) atoms. The molecule has 5 nitrogen and oxygen atoms in total. The van der Waals surface area contributed by atoms with Gasteiger partial charge in [0.2, 0.25) is 11.7 Å². The Kier molecular flexibility index (Phi) is 2.30. The Bertz CT molecular complexity index is 682. The summed E-state index contributed by atoms with van der Waals surface area (Å²) in [5.74, 6) is 0.213. The predicted octanol–water partition coefficient (Wildman–Crippen LogP) is 1.50. The Hall–Kier alpha value is -2.69. The second-order valence-electron chi connectivity index (χ2n) is 3.89. The average molecular weight is 238 g/mol. The van der Waals surface area contributed by atoms with Crippen LogP contribution in [0.25, 0.3) is 17.0 Å². The number of primary amides is 1. The number of imidazole rings is 1. The molecule has 0 fully saturated rings. The van der Waals surface area contributed by atoms with E-state index in [0.29, 0.717) is 11.3 Å². The molecule has 0 radical (unpaired) electrons. The third-order valence-corrected chi connectivity index (χ3v) is 2.70. The molecule has 0 atom stereocenters. The molecule has 88 valence electrons. The van der Waals surface area contributed by atoms with Gasteiger partial charge in [-0.3, -0.25) is 9.20 Å². The highest BCUT2D eigenvalue weighted by atomic mass is 16.1. The number of benzene rings is 1. The van der Waals surface area contributed by atoms with Crippen LogP contribution in [0.2, 0.25) is 0 Å². The van der Waals surface area contributed by atoms with E-state index in [1.807, 2.05) is 35.0 Å². The van der Waals surface area contributed by atoms with Crippen LogP contribution in [0, 0.1) is 0 Å². The van der Waals surface area contributed by atoms with Gasteiger partial charge < -0.3 is 5.73 Å². The van der Waals surface area contributed by atoms with E-state index in [4.69, 9.17) is 5.73 Å². The number of fused-ring (bicyclic) bond motifs is 1. The Morgan fingerprint density at radius 1 is 1.22 bits per heavy atom. The number of aromatic nitrogens is 3. The Labute approximate surface area is 103 Å². The largest absolute Gasteiger partial charge is 0.366 e. The smallest absolute Gasteiger partial charge is 0.248 e. The predicted molar refractivity (Wildman–Crippen MR) is 66.9 cm³/mol. The summed E-state index contributed by atoms with van der Waals surface area (Å²) in [6.07, 6.45) is 5.47. The highest BCUT2D eigenvalue weighted by Gasteiger charge is 2.05. The maximum absolute atomic E-state index is 11.0. The Morgan fingerprint density at radius 2 is 2.00 bits per heavy atom. The van der Waals surface area contributed by atoms with E-state index >= 15 is 0 Å². The molecule has 0 saturated heterocycles. The molecule has 1 amide bonds. The fraction of sp³-hybridized carbons (Fsp3) is 0. The Morgan fingerprint density at radius 3 is 2.67 bits per heavy atom. The van der Waals surface area contributed by atoms with Gasteiger partial charge >= 0.3 is 0 Å². The van der Waals surface area contributed by atoms with Crippen molar-refractivity contribution >= 4 is 11.7 Å². The van der Waals surface area contributed by atoms with Crippen molar-refractivity contribution in [2.24, 2.45) is 5.73 Å². The SMILES string of the molecule is NC(=O)c1ccc(-c2cn3cccnc3n2)cc1. The maximum atomic E-state index is 11.0. The van der Waals surface area contributed by atoms with E-state index in [1.54, 1.807) is 18.3 Å². The molecule has 0 saturated carbocycles. The maximum Gasteiger partial charge on any atom is 0.248 e. The topological polar surface area (TPSA) is 73.3 Å². The van der Waals surface area contributed by atoms with E-state index < -0.39 is 5.91 Å². The van der Waals surface area contributed by atoms with Gasteiger partial charge in [-0.25, -0.2) is 9.97 Å². The Balaban J connectivity index is 2.06. The molecule has 3 aromatic rings. The molecule has 2 N–H and O–H groups in total. The number of carbonyl (C=O) groups excluding carboxylic acids is 1. The molecule has 0 unspecified atom stereocenters. The number of nitrogens with zero attached hydrogens (tertiary/aromatic N) is 3. The van der Waals surface area contributed by atoms with Crippen LogP contribution in [0.4, 0.5) is 0 Å². The van der Waals surface area contributed by atoms with Crippen molar-refractivity contribution in [1.82, 2.24) is 14.4 Å². The van der Waals surface area contributed by atoms with Crippen LogP contribution >= 0.6 is 0 Å². The normalized spacial score (nSPS) is 10.7. The van der Waals surface area contributed by atoms with E-state index in [2.05, 4.69) is 9.97 Å². The van der Waals surface area contributed by atoms with Crippen molar-refractivity contribution in [3.63, 3.8) is 0 Å². The van der Waals surface area contributed by atoms with Gasteiger partial charge in [0.05, 0.1) is 5.69 Å². The highest BCUT2D eigenvalue weighted by Crippen LogP contribution is 2.18. The van der Waals surface area contributed by atoms with Gasteiger partial charge in [-0.2, -0.15) is 0 Å². The van der Waals surface area contributed by atoms with E-state index in [-0.39, 0.29) is 0 Å². The van der Waals surface area contributed by atoms with E-state index in [1.165, 1.54) is 0 Å². The summed E-state index contributed by atoms with van der Waals surface area (Å²) in [5.41, 5.74) is 7.41. The summed E-state index contributed by atoms with van der Waals surface area (Å²) in [6, 6.07) is 8.86. The lowest BCUT2D eigenvalue weighted by molar-refractivity contribution is 0.100. The van der Waals surface area contributed by atoms with Gasteiger partial charge in [0, 0.05) is 29.7 Å². The van der Waals surface area contributed by atoms with Gasteiger partial charge in [0.15, 0.2) is 0 Å². The van der Waals surface area contributed by atoms with Crippen LogP contribution < -0.4 is 5.73 Å². The summed E-state index contributed by atoms with van der Waals surface area (Å²) in [5, 5.41) is 0. The molecule has 1 aromatic carbocycles. The molecule has 5 heteroatoms. The van der Waals surface area contributed by atoms with Crippen molar-refractivity contribution in [2.45, 2.75) is 0 Å². The highest BCUT2D eigenvalue weighted by molar-refractivity contribution is 5.93. The molecule has 0 bridgehead atoms. The molecule has 0 spiro atoms. The molecule has 2 heterocycles. The summed E-state index contributed by atoms with van der Waals surface area (Å²) in [6.45, 7) is 0. The average Bonchev–Trinajstić information content (AvgIpc) is 2.82. The van der Waals surface area contributed by atoms with Crippen molar-refractivity contribution in [2.75, 3.05) is 0 Å². The molecule has 3 rings (SSSR count). The summed E-state index contributed by atoms with van der Waals surface area (Å²) in [7, 11) is 0. The zero-order chi connectivity index (χ0) is 12.5. The van der Waals surface area contributed by atoms with Gasteiger partial charge in [0.1, 0.15) is 0 Å². The fourth-order valence-electron chi connectivity index (χ4n) is 1.77. The number of nitrogens with two attached hydrogens (primary N) is 1. The first-order valence-electron chi connectivity index (χ1n) is 5.44. The summed E-state index contributed by atoms with van der Waals surface area (Å²) in [4.78, 5) is 19.5. The third-order valence-electron chi connectivity index (χ3n) is 2.70. The van der Waals surface area contributed by atoms with Crippen molar-refractivity contribution < 1.29 is 4.79 Å². The third kappa shape index (κ3) is 1.71. The van der Waals surface area contributed by atoms with Gasteiger partial charge in [0.25, 0.3) is 0 Å². The first kappa shape index (κ1) is 10.5. The van der Waals surface area contributed by atoms with Crippen LogP contribution in [0.1, 0.15) is 10.4 Å². The van der Waals surface area contributed by atoms with E-state index in [0.717, 1.165) is 11.3 Å². The second kappa shape index (κ2) is 3.96. The first-order chi connectivity index (χ1) is 8.74. The van der Waals surface area contributed by atoms with Crippen LogP contribution in [-0.4, -0.2) is 20.3 Å². The lowest BCUT2D eigenvalue weighted by Crippen LogP contribution is -2.10. The minimum Gasteiger partial charge on any atom is -0.366 e. The second-order valence-corrected chi connectivity index (χ2v) is 3.89.